The molecule has 0 aromatic carbocycles. The number of amidine groups is 1. The summed E-state index contributed by atoms with van der Waals surface area (Å²) in [5.41, 5.74) is 7.15. The van der Waals surface area contributed by atoms with Crippen LogP contribution in [0.25, 0.3) is 0 Å². The second-order valence-electron chi connectivity index (χ2n) is 4.95. The number of nitrogen functional groups attached to an aromatic ring is 1. The molecule has 1 fully saturated rings. The van der Waals surface area contributed by atoms with E-state index in [1.165, 1.54) is 0 Å². The quantitative estimate of drug-likeness (QED) is 0.547. The molecule has 2 rings (SSSR count). The zero-order valence-electron chi connectivity index (χ0n) is 10.8. The molecule has 1 aliphatic heterocycles. The number of nitrogens with two attached hydrogens (primary N) is 1. The fourth-order valence-electron chi connectivity index (χ4n) is 2.52. The predicted molar refractivity (Wildman–Crippen MR) is 72.0 cm³/mol. The van der Waals surface area contributed by atoms with Crippen molar-refractivity contribution < 1.29 is 5.11 Å². The number of aromatic nitrogens is 1. The number of anilines is 1. The zero-order chi connectivity index (χ0) is 13.3. The predicted octanol–water partition coefficient (Wildman–Crippen LogP) is 0.881. The summed E-state index contributed by atoms with van der Waals surface area (Å²) in [6, 6.07) is 3.75. The molecule has 2 unspecified atom stereocenters. The third kappa shape index (κ3) is 2.18. The van der Waals surface area contributed by atoms with Gasteiger partial charge >= 0.3 is 0 Å². The summed E-state index contributed by atoms with van der Waals surface area (Å²) in [4.78, 5) is 6.58. The lowest BCUT2D eigenvalue weighted by Crippen LogP contribution is -2.37. The van der Waals surface area contributed by atoms with Gasteiger partial charge in [0.05, 0.1) is 18.2 Å². The maximum absolute atomic E-state index is 9.51. The van der Waals surface area contributed by atoms with Crippen LogP contribution in [-0.4, -0.2) is 35.1 Å². The van der Waals surface area contributed by atoms with Gasteiger partial charge in [0, 0.05) is 12.2 Å². The smallest absolute Gasteiger partial charge is 0.140 e. The minimum absolute atomic E-state index is 0.0220. The molecule has 0 saturated carbocycles. The molecular formula is C13H20N4O. The van der Waals surface area contributed by atoms with Crippen LogP contribution < -0.4 is 10.6 Å². The second kappa shape index (κ2) is 4.94. The lowest BCUT2D eigenvalue weighted by atomic mass is 10.0. The first-order chi connectivity index (χ1) is 8.54. The fraction of sp³-hybridized carbons (Fsp3) is 0.538. The summed E-state index contributed by atoms with van der Waals surface area (Å²) in [5.74, 6) is 1.18. The summed E-state index contributed by atoms with van der Waals surface area (Å²) in [7, 11) is 0. The molecule has 0 bridgehead atoms. The van der Waals surface area contributed by atoms with Gasteiger partial charge < -0.3 is 15.7 Å². The number of hydrogen-bond donors (Lipinski definition) is 3. The minimum Gasteiger partial charge on any atom is -0.394 e. The molecular weight excluding hydrogens is 228 g/mol. The van der Waals surface area contributed by atoms with Crippen LogP contribution in [0.1, 0.15) is 24.6 Å². The van der Waals surface area contributed by atoms with E-state index in [1.54, 1.807) is 0 Å². The van der Waals surface area contributed by atoms with Gasteiger partial charge in [-0.3, -0.25) is 5.41 Å². The maximum atomic E-state index is 9.51. The van der Waals surface area contributed by atoms with E-state index >= 15 is 0 Å². The van der Waals surface area contributed by atoms with E-state index in [-0.39, 0.29) is 18.5 Å². The van der Waals surface area contributed by atoms with Crippen molar-refractivity contribution in [2.75, 3.05) is 18.1 Å². The first-order valence-electron chi connectivity index (χ1n) is 6.24. The van der Waals surface area contributed by atoms with Crippen molar-refractivity contribution in [1.29, 1.82) is 5.41 Å². The molecule has 1 aromatic heterocycles. The van der Waals surface area contributed by atoms with E-state index in [1.807, 2.05) is 19.1 Å². The molecule has 0 amide bonds. The van der Waals surface area contributed by atoms with Gasteiger partial charge in [-0.15, -0.1) is 0 Å². The van der Waals surface area contributed by atoms with Gasteiger partial charge in [-0.25, -0.2) is 4.98 Å². The highest BCUT2D eigenvalue weighted by Gasteiger charge is 2.32. The number of pyridine rings is 1. The third-order valence-corrected chi connectivity index (χ3v) is 3.65. The van der Waals surface area contributed by atoms with Crippen molar-refractivity contribution in [1.82, 2.24) is 4.98 Å². The molecule has 5 nitrogen and oxygen atoms in total. The van der Waals surface area contributed by atoms with Gasteiger partial charge in [0.25, 0.3) is 0 Å². The molecule has 0 spiro atoms. The molecule has 1 saturated heterocycles. The summed E-state index contributed by atoms with van der Waals surface area (Å²) in [5, 5.41) is 17.1. The van der Waals surface area contributed by atoms with Gasteiger partial charge in [0.1, 0.15) is 11.7 Å². The van der Waals surface area contributed by atoms with Crippen LogP contribution in [-0.2, 0) is 0 Å². The standard InChI is InChI=1S/C13H20N4O/c1-8-5-6-17(11(8)7-18)13-10(12(14)15)4-3-9(2)16-13/h3-4,8,11,18H,5-7H2,1-2H3,(H3,14,15). The molecule has 18 heavy (non-hydrogen) atoms. The summed E-state index contributed by atoms with van der Waals surface area (Å²) < 4.78 is 0. The van der Waals surface area contributed by atoms with Gasteiger partial charge in [-0.05, 0) is 31.4 Å². The van der Waals surface area contributed by atoms with E-state index in [2.05, 4.69) is 16.8 Å². The summed E-state index contributed by atoms with van der Waals surface area (Å²) in [6.45, 7) is 5.00. The normalized spacial score (nSPS) is 23.4. The average Bonchev–Trinajstić information content (AvgIpc) is 2.69. The number of hydrogen-bond acceptors (Lipinski definition) is 4. The van der Waals surface area contributed by atoms with Crippen LogP contribution in [0.3, 0.4) is 0 Å². The molecule has 5 heteroatoms. The fourth-order valence-corrected chi connectivity index (χ4v) is 2.52. The molecule has 0 aliphatic carbocycles. The van der Waals surface area contributed by atoms with E-state index in [9.17, 15) is 5.11 Å². The van der Waals surface area contributed by atoms with Crippen LogP contribution in [0.5, 0.6) is 0 Å². The van der Waals surface area contributed by atoms with Crippen molar-refractivity contribution in [3.63, 3.8) is 0 Å². The highest BCUT2D eigenvalue weighted by atomic mass is 16.3. The Morgan fingerprint density at radius 2 is 2.33 bits per heavy atom. The first kappa shape index (κ1) is 12.8. The number of aliphatic hydroxyl groups excluding tert-OH is 1. The highest BCUT2D eigenvalue weighted by Crippen LogP contribution is 2.30. The Hall–Kier alpha value is -1.62. The van der Waals surface area contributed by atoms with Crippen LogP contribution in [0.15, 0.2) is 12.1 Å². The van der Waals surface area contributed by atoms with Crippen molar-refractivity contribution in [2.24, 2.45) is 11.7 Å². The molecule has 1 aliphatic rings. The Kier molecular flexibility index (Phi) is 3.52. The number of aryl methyl sites for hydroxylation is 1. The first-order valence-corrected chi connectivity index (χ1v) is 6.24. The van der Waals surface area contributed by atoms with Gasteiger partial charge in [-0.1, -0.05) is 6.92 Å². The Morgan fingerprint density at radius 1 is 1.61 bits per heavy atom. The Labute approximate surface area is 107 Å². The lowest BCUT2D eigenvalue weighted by molar-refractivity contribution is 0.244. The molecule has 2 heterocycles. The van der Waals surface area contributed by atoms with Crippen LogP contribution in [0.4, 0.5) is 5.82 Å². The Morgan fingerprint density at radius 3 is 2.94 bits per heavy atom. The van der Waals surface area contributed by atoms with Crippen LogP contribution in [0.2, 0.25) is 0 Å². The maximum Gasteiger partial charge on any atom is 0.140 e. The van der Waals surface area contributed by atoms with Gasteiger partial charge in [0.15, 0.2) is 0 Å². The topological polar surface area (TPSA) is 86.2 Å². The zero-order valence-corrected chi connectivity index (χ0v) is 10.8. The van der Waals surface area contributed by atoms with Crippen LogP contribution in [0, 0.1) is 18.3 Å². The molecule has 4 N–H and O–H groups in total. The average molecular weight is 248 g/mol. The molecule has 98 valence electrons. The summed E-state index contributed by atoms with van der Waals surface area (Å²) in [6.07, 6.45) is 1.03. The summed E-state index contributed by atoms with van der Waals surface area (Å²) >= 11 is 0. The number of rotatable bonds is 3. The number of nitrogens with one attached hydrogen (secondary N) is 1. The second-order valence-corrected chi connectivity index (χ2v) is 4.95. The SMILES string of the molecule is Cc1ccc(C(=N)N)c(N2CCC(C)C2CO)n1. The van der Waals surface area contributed by atoms with Crippen LogP contribution >= 0.6 is 0 Å². The Bertz CT molecular complexity index is 460. The van der Waals surface area contributed by atoms with Crippen molar-refractivity contribution in [3.05, 3.63) is 23.4 Å². The third-order valence-electron chi connectivity index (χ3n) is 3.65. The molecule has 0 radical (unpaired) electrons. The van der Waals surface area contributed by atoms with E-state index < -0.39 is 0 Å². The van der Waals surface area contributed by atoms with E-state index in [0.717, 1.165) is 24.5 Å². The number of nitrogens with zero attached hydrogens (tertiary/aromatic N) is 2. The van der Waals surface area contributed by atoms with Crippen molar-refractivity contribution in [3.8, 4) is 0 Å². The molecule has 2 atom stereocenters. The van der Waals surface area contributed by atoms with E-state index in [0.29, 0.717) is 11.5 Å². The van der Waals surface area contributed by atoms with E-state index in [4.69, 9.17) is 11.1 Å². The van der Waals surface area contributed by atoms with Gasteiger partial charge in [0.2, 0.25) is 0 Å². The Balaban J connectivity index is 2.43. The minimum atomic E-state index is 0.0220. The monoisotopic (exact) mass is 248 g/mol. The van der Waals surface area contributed by atoms with Gasteiger partial charge in [-0.2, -0.15) is 0 Å². The van der Waals surface area contributed by atoms with Crippen molar-refractivity contribution >= 4 is 11.7 Å². The highest BCUT2D eigenvalue weighted by molar-refractivity contribution is 5.99. The van der Waals surface area contributed by atoms with Crippen molar-refractivity contribution in [2.45, 2.75) is 26.3 Å². The molecule has 1 aromatic rings. The largest absolute Gasteiger partial charge is 0.394 e. The lowest BCUT2D eigenvalue weighted by Gasteiger charge is -2.28. The number of aliphatic hydroxyl groups is 1.